The van der Waals surface area contributed by atoms with E-state index in [4.69, 9.17) is 9.84 Å². The van der Waals surface area contributed by atoms with Crippen molar-refractivity contribution in [3.05, 3.63) is 82.9 Å². The number of nitrogens with zero attached hydrogens (tertiary/aromatic N) is 3. The number of hydrogen-bond donors (Lipinski definition) is 1. The summed E-state index contributed by atoms with van der Waals surface area (Å²) in [6, 6.07) is 16.7. The Bertz CT molecular complexity index is 1070. The Hall–Kier alpha value is -3.19. The first-order chi connectivity index (χ1) is 15.5. The fourth-order valence-corrected chi connectivity index (χ4v) is 4.21. The molecule has 32 heavy (non-hydrogen) atoms. The van der Waals surface area contributed by atoms with Crippen LogP contribution in [-0.4, -0.2) is 46.5 Å². The van der Waals surface area contributed by atoms with Crippen LogP contribution in [0.2, 0.25) is 0 Å². The third kappa shape index (κ3) is 5.16. The van der Waals surface area contributed by atoms with Crippen molar-refractivity contribution < 1.29 is 13.9 Å². The average Bonchev–Trinajstić information content (AvgIpc) is 3.35. The minimum Gasteiger partial charge on any atom is -0.449 e. The van der Waals surface area contributed by atoms with E-state index in [9.17, 15) is 9.18 Å². The summed E-state index contributed by atoms with van der Waals surface area (Å²) in [5.74, 6) is -0.274. The number of para-hydroxylation sites is 1. The van der Waals surface area contributed by atoms with Gasteiger partial charge in [0.05, 0.1) is 18.0 Å². The number of aryl methyl sites for hydroxylation is 1. The number of likely N-dealkylation sites (tertiary alicyclic amines) is 1. The lowest BCUT2D eigenvalue weighted by molar-refractivity contribution is 0.143. The van der Waals surface area contributed by atoms with E-state index in [1.165, 1.54) is 11.6 Å². The number of alkyl carbamates (subject to hydrolysis) is 1. The van der Waals surface area contributed by atoms with Crippen LogP contribution >= 0.6 is 0 Å². The third-order valence-electron chi connectivity index (χ3n) is 5.98. The summed E-state index contributed by atoms with van der Waals surface area (Å²) in [5, 5.41) is 7.67. The molecule has 0 aliphatic carbocycles. The normalized spacial score (nSPS) is 16.3. The van der Waals surface area contributed by atoms with Crippen LogP contribution in [0, 0.1) is 19.7 Å². The number of carbonyl (C=O) groups excluding carboxylic acids is 1. The van der Waals surface area contributed by atoms with Crippen LogP contribution in [0.3, 0.4) is 0 Å². The van der Waals surface area contributed by atoms with Gasteiger partial charge in [-0.3, -0.25) is 4.90 Å². The highest BCUT2D eigenvalue weighted by Gasteiger charge is 2.26. The van der Waals surface area contributed by atoms with Gasteiger partial charge in [-0.15, -0.1) is 0 Å². The van der Waals surface area contributed by atoms with Crippen molar-refractivity contribution in [2.24, 2.45) is 0 Å². The molecule has 3 aromatic rings. The van der Waals surface area contributed by atoms with Gasteiger partial charge in [-0.1, -0.05) is 36.4 Å². The first-order valence-electron chi connectivity index (χ1n) is 11.0. The van der Waals surface area contributed by atoms with Gasteiger partial charge < -0.3 is 10.1 Å². The van der Waals surface area contributed by atoms with Gasteiger partial charge in [0.2, 0.25) is 0 Å². The molecule has 1 aromatic heterocycles. The summed E-state index contributed by atoms with van der Waals surface area (Å²) < 4.78 is 20.9. The van der Waals surface area contributed by atoms with Crippen LogP contribution in [0.25, 0.3) is 5.69 Å². The Morgan fingerprint density at radius 2 is 1.91 bits per heavy atom. The van der Waals surface area contributed by atoms with Crippen molar-refractivity contribution in [1.82, 2.24) is 20.0 Å². The van der Waals surface area contributed by atoms with Gasteiger partial charge in [0.25, 0.3) is 0 Å². The summed E-state index contributed by atoms with van der Waals surface area (Å²) in [5.41, 5.74) is 4.99. The van der Waals surface area contributed by atoms with E-state index in [-0.39, 0.29) is 18.5 Å². The maximum absolute atomic E-state index is 13.7. The molecule has 1 saturated heterocycles. The molecule has 1 aliphatic rings. The number of carbonyl (C=O) groups is 1. The Balaban J connectivity index is 1.27. The van der Waals surface area contributed by atoms with Crippen molar-refractivity contribution in [2.45, 2.75) is 39.3 Å². The molecule has 0 bridgehead atoms. The zero-order valence-corrected chi connectivity index (χ0v) is 18.6. The topological polar surface area (TPSA) is 59.4 Å². The Morgan fingerprint density at radius 3 is 2.69 bits per heavy atom. The van der Waals surface area contributed by atoms with Crippen LogP contribution in [0.5, 0.6) is 0 Å². The van der Waals surface area contributed by atoms with Crippen molar-refractivity contribution >= 4 is 6.09 Å². The van der Waals surface area contributed by atoms with Gasteiger partial charge in [-0.25, -0.2) is 13.9 Å². The van der Waals surface area contributed by atoms with Crippen LogP contribution in [0.15, 0.2) is 54.6 Å². The number of nitrogens with one attached hydrogen (secondary N) is 1. The largest absolute Gasteiger partial charge is 0.449 e. The number of halogens is 1. The van der Waals surface area contributed by atoms with Crippen LogP contribution < -0.4 is 5.32 Å². The molecule has 0 spiro atoms. The van der Waals surface area contributed by atoms with E-state index in [0.717, 1.165) is 43.1 Å². The standard InChI is InChI=1S/C25H29FN4O2/c1-18-23(19(2)30(28-18)22-9-4-3-5-10-22)17-29-14-12-21(16-29)27-25(31)32-15-13-20-8-6-7-11-24(20)26/h3-11,21H,12-17H2,1-2H3,(H,27,31). The predicted octanol–water partition coefficient (Wildman–Crippen LogP) is 4.17. The van der Waals surface area contributed by atoms with E-state index in [2.05, 4.69) is 29.3 Å². The number of ether oxygens (including phenoxy) is 1. The molecule has 6 nitrogen and oxygen atoms in total. The van der Waals surface area contributed by atoms with Gasteiger partial charge in [0.1, 0.15) is 5.82 Å². The van der Waals surface area contributed by atoms with Crippen molar-refractivity contribution in [3.8, 4) is 5.69 Å². The molecule has 1 atom stereocenters. The molecule has 0 radical (unpaired) electrons. The molecule has 168 valence electrons. The molecular formula is C25H29FN4O2. The fraction of sp³-hybridized carbons (Fsp3) is 0.360. The SMILES string of the molecule is Cc1nn(-c2ccccc2)c(C)c1CN1CCC(NC(=O)OCCc2ccccc2F)C1. The number of amides is 1. The minimum atomic E-state index is -0.447. The lowest BCUT2D eigenvalue weighted by Crippen LogP contribution is -2.37. The molecule has 1 N–H and O–H groups in total. The van der Waals surface area contributed by atoms with Gasteiger partial charge in [0, 0.05) is 43.4 Å². The molecule has 0 saturated carbocycles. The van der Waals surface area contributed by atoms with E-state index in [1.54, 1.807) is 18.2 Å². The lowest BCUT2D eigenvalue weighted by Gasteiger charge is -2.17. The number of rotatable bonds is 7. The fourth-order valence-electron chi connectivity index (χ4n) is 4.21. The quantitative estimate of drug-likeness (QED) is 0.604. The molecule has 1 amide bonds. The van der Waals surface area contributed by atoms with Crippen LogP contribution in [0.1, 0.15) is 28.9 Å². The summed E-state index contributed by atoms with van der Waals surface area (Å²) in [6.07, 6.45) is 0.784. The molecule has 1 unspecified atom stereocenters. The number of hydrogen-bond acceptors (Lipinski definition) is 4. The van der Waals surface area contributed by atoms with E-state index in [0.29, 0.717) is 12.0 Å². The van der Waals surface area contributed by atoms with Crippen LogP contribution in [0.4, 0.5) is 9.18 Å². The zero-order chi connectivity index (χ0) is 22.5. The highest BCUT2D eigenvalue weighted by molar-refractivity contribution is 5.67. The smallest absolute Gasteiger partial charge is 0.407 e. The second-order valence-corrected chi connectivity index (χ2v) is 8.24. The minimum absolute atomic E-state index is 0.0424. The Morgan fingerprint density at radius 1 is 1.16 bits per heavy atom. The highest BCUT2D eigenvalue weighted by Crippen LogP contribution is 2.21. The van der Waals surface area contributed by atoms with Crippen LogP contribution in [-0.2, 0) is 17.7 Å². The van der Waals surface area contributed by atoms with Gasteiger partial charge in [-0.2, -0.15) is 5.10 Å². The van der Waals surface area contributed by atoms with Crippen molar-refractivity contribution in [2.75, 3.05) is 19.7 Å². The summed E-state index contributed by atoms with van der Waals surface area (Å²) in [7, 11) is 0. The third-order valence-corrected chi connectivity index (χ3v) is 5.98. The second kappa shape index (κ2) is 9.96. The highest BCUT2D eigenvalue weighted by atomic mass is 19.1. The number of aromatic nitrogens is 2. The van der Waals surface area contributed by atoms with Gasteiger partial charge in [0.15, 0.2) is 0 Å². The van der Waals surface area contributed by atoms with Crippen molar-refractivity contribution in [1.29, 1.82) is 0 Å². The molecular weight excluding hydrogens is 407 g/mol. The Labute approximate surface area is 188 Å². The zero-order valence-electron chi connectivity index (χ0n) is 18.6. The molecule has 1 aliphatic heterocycles. The predicted molar refractivity (Wildman–Crippen MR) is 121 cm³/mol. The summed E-state index contributed by atoms with van der Waals surface area (Å²) in [4.78, 5) is 14.5. The maximum atomic E-state index is 13.7. The average molecular weight is 437 g/mol. The van der Waals surface area contributed by atoms with Gasteiger partial charge in [-0.05, 0) is 44.0 Å². The molecule has 7 heteroatoms. The van der Waals surface area contributed by atoms with Gasteiger partial charge >= 0.3 is 6.09 Å². The summed E-state index contributed by atoms with van der Waals surface area (Å²) in [6.45, 7) is 6.75. The van der Waals surface area contributed by atoms with E-state index < -0.39 is 6.09 Å². The first kappa shape index (κ1) is 22.0. The first-order valence-corrected chi connectivity index (χ1v) is 11.0. The lowest BCUT2D eigenvalue weighted by atomic mass is 10.1. The van der Waals surface area contributed by atoms with E-state index in [1.807, 2.05) is 29.8 Å². The Kier molecular flexibility index (Phi) is 6.85. The second-order valence-electron chi connectivity index (χ2n) is 8.24. The molecule has 1 fully saturated rings. The summed E-state index contributed by atoms with van der Waals surface area (Å²) >= 11 is 0. The number of benzene rings is 2. The maximum Gasteiger partial charge on any atom is 0.407 e. The van der Waals surface area contributed by atoms with Crippen molar-refractivity contribution in [3.63, 3.8) is 0 Å². The molecule has 4 rings (SSSR count). The molecule has 2 aromatic carbocycles. The molecule has 2 heterocycles. The van der Waals surface area contributed by atoms with E-state index >= 15 is 0 Å². The monoisotopic (exact) mass is 436 g/mol.